The summed E-state index contributed by atoms with van der Waals surface area (Å²) in [5, 5.41) is 16.8. The third-order valence-corrected chi connectivity index (χ3v) is 11.0. The van der Waals surface area contributed by atoms with Crippen molar-refractivity contribution in [3.8, 4) is 33.2 Å². The molecule has 6 rings (SSSR count). The van der Waals surface area contributed by atoms with Crippen molar-refractivity contribution in [2.24, 2.45) is 11.3 Å². The van der Waals surface area contributed by atoms with Gasteiger partial charge in [-0.15, -0.1) is 11.3 Å². The number of Topliss-reactive ketones (excluding diaryl/α,β-unsaturated/α-hetero) is 1. The van der Waals surface area contributed by atoms with Crippen molar-refractivity contribution < 1.29 is 33.7 Å². The first-order valence-corrected chi connectivity index (χ1v) is 20.1. The normalized spacial score (nSPS) is 15.8. The zero-order valence-corrected chi connectivity index (χ0v) is 34.3. The molecule has 0 saturated carbocycles. The van der Waals surface area contributed by atoms with Crippen molar-refractivity contribution >= 4 is 40.4 Å². The second-order valence-corrected chi connectivity index (χ2v) is 16.2. The smallest absolute Gasteiger partial charge is 0.243 e. The van der Waals surface area contributed by atoms with E-state index in [1.54, 1.807) is 18.4 Å². The van der Waals surface area contributed by atoms with E-state index in [-0.39, 0.29) is 63.3 Å². The van der Waals surface area contributed by atoms with Crippen molar-refractivity contribution in [1.82, 2.24) is 25.2 Å². The summed E-state index contributed by atoms with van der Waals surface area (Å²) < 4.78 is 16.8. The molecule has 3 atom stereocenters. The predicted octanol–water partition coefficient (Wildman–Crippen LogP) is 6.62. The SMILES string of the molecule is COc1ccc(Nc2cc(-c3cccc(OCCOCC(=O)C[C@H](C(=O)N4C[C@H](O)C[C@H]4C(=O)NCc4ccc(-c5scnc5C)cc4)C(C)(C)C)c3)ncn2)cc1. The van der Waals surface area contributed by atoms with Gasteiger partial charge < -0.3 is 34.9 Å². The number of likely N-dealkylation sites (tertiary alicyclic amines) is 1. The van der Waals surface area contributed by atoms with Gasteiger partial charge in [0, 0.05) is 49.2 Å². The molecule has 2 aromatic heterocycles. The average Bonchev–Trinajstić information content (AvgIpc) is 3.84. The van der Waals surface area contributed by atoms with Gasteiger partial charge in [0.1, 0.15) is 42.9 Å². The van der Waals surface area contributed by atoms with Gasteiger partial charge in [0.2, 0.25) is 11.8 Å². The van der Waals surface area contributed by atoms with Crippen LogP contribution in [0.5, 0.6) is 11.5 Å². The largest absolute Gasteiger partial charge is 0.497 e. The molecule has 0 spiro atoms. The van der Waals surface area contributed by atoms with Crippen LogP contribution in [0.2, 0.25) is 0 Å². The van der Waals surface area contributed by atoms with Crippen LogP contribution in [0.15, 0.2) is 90.7 Å². The second-order valence-electron chi connectivity index (χ2n) is 15.3. The minimum Gasteiger partial charge on any atom is -0.497 e. The average molecular weight is 807 g/mol. The molecule has 0 aliphatic carbocycles. The van der Waals surface area contributed by atoms with Gasteiger partial charge in [-0.2, -0.15) is 0 Å². The third-order valence-electron chi connectivity index (χ3n) is 9.99. The molecule has 3 N–H and O–H groups in total. The minimum atomic E-state index is -0.846. The van der Waals surface area contributed by atoms with Crippen LogP contribution < -0.4 is 20.1 Å². The quantitative estimate of drug-likeness (QED) is 0.0865. The van der Waals surface area contributed by atoms with E-state index in [9.17, 15) is 19.5 Å². The molecular formula is C44H50N6O7S. The summed E-state index contributed by atoms with van der Waals surface area (Å²) >= 11 is 1.58. The number of amides is 2. The number of anilines is 2. The van der Waals surface area contributed by atoms with Crippen LogP contribution in [0.3, 0.4) is 0 Å². The Hall–Kier alpha value is -5.70. The Kier molecular flexibility index (Phi) is 13.9. The van der Waals surface area contributed by atoms with Gasteiger partial charge in [0.05, 0.1) is 41.6 Å². The fourth-order valence-corrected chi connectivity index (χ4v) is 7.58. The Morgan fingerprint density at radius 2 is 1.72 bits per heavy atom. The maximum absolute atomic E-state index is 14.0. The molecule has 1 aliphatic rings. The van der Waals surface area contributed by atoms with Crippen LogP contribution in [-0.4, -0.2) is 88.2 Å². The van der Waals surface area contributed by atoms with Crippen LogP contribution in [0, 0.1) is 18.3 Å². The lowest BCUT2D eigenvalue weighted by Crippen LogP contribution is -2.50. The van der Waals surface area contributed by atoms with Crippen molar-refractivity contribution in [2.45, 2.75) is 59.2 Å². The number of hydrogen-bond donors (Lipinski definition) is 3. The number of nitrogens with zero attached hydrogens (tertiary/aromatic N) is 4. The summed E-state index contributed by atoms with van der Waals surface area (Å²) in [6.07, 6.45) is 0.711. The summed E-state index contributed by atoms with van der Waals surface area (Å²) in [6, 6.07) is 23.9. The van der Waals surface area contributed by atoms with Gasteiger partial charge in [-0.05, 0) is 59.9 Å². The van der Waals surface area contributed by atoms with E-state index in [2.05, 4.69) is 25.6 Å². The van der Waals surface area contributed by atoms with E-state index in [1.807, 2.05) is 112 Å². The highest BCUT2D eigenvalue weighted by atomic mass is 32.1. The molecular weight excluding hydrogens is 757 g/mol. The fraction of sp³-hybridized carbons (Fsp3) is 0.364. The summed E-state index contributed by atoms with van der Waals surface area (Å²) in [5.74, 6) is 0.366. The second kappa shape index (κ2) is 19.2. The molecule has 304 valence electrons. The van der Waals surface area contributed by atoms with Crippen LogP contribution >= 0.6 is 11.3 Å². The van der Waals surface area contributed by atoms with E-state index < -0.39 is 23.5 Å². The maximum atomic E-state index is 14.0. The number of aromatic nitrogens is 3. The minimum absolute atomic E-state index is 0.0224. The number of nitrogens with one attached hydrogen (secondary N) is 2. The number of β-amino-alcohol motifs (C(OH)–C–C–N with tert-alkyl or cyclic N) is 1. The lowest BCUT2D eigenvalue weighted by atomic mass is 9.77. The standard InChI is InChI=1S/C44H50N6O7S/c1-28-41(58-27-48-28)30-11-9-29(10-12-30)23-45-42(53)39-21-33(51)24-50(39)43(54)37(44(2,3)4)20-34(52)25-56-17-18-57-36-8-6-7-31(19-36)38-22-40(47-26-46-38)49-32-13-15-35(55-5)16-14-32/h6-16,19,22,26-27,33,37,39,51H,17-18,20-21,23-25H2,1-5H3,(H,45,53)(H,46,47,49)/t33-,37-,39+/m1/s1. The van der Waals surface area contributed by atoms with Gasteiger partial charge in [-0.25, -0.2) is 15.0 Å². The Bertz CT molecular complexity index is 2170. The molecule has 58 heavy (non-hydrogen) atoms. The number of rotatable bonds is 17. The van der Waals surface area contributed by atoms with Crippen LogP contribution in [0.25, 0.3) is 21.7 Å². The number of carbonyl (C=O) groups excluding carboxylic acids is 3. The summed E-state index contributed by atoms with van der Waals surface area (Å²) in [5.41, 5.74) is 6.56. The van der Waals surface area contributed by atoms with Crippen LogP contribution in [-0.2, 0) is 25.7 Å². The number of carbonyl (C=O) groups is 3. The number of aliphatic hydroxyl groups is 1. The Morgan fingerprint density at radius 3 is 2.43 bits per heavy atom. The molecule has 2 amide bonds. The van der Waals surface area contributed by atoms with Gasteiger partial charge in [-0.3, -0.25) is 14.4 Å². The fourth-order valence-electron chi connectivity index (χ4n) is 6.77. The number of thiazole rings is 1. The number of ketones is 1. The monoisotopic (exact) mass is 806 g/mol. The van der Waals surface area contributed by atoms with E-state index in [1.165, 1.54) is 11.2 Å². The number of hydrogen-bond acceptors (Lipinski definition) is 12. The molecule has 3 heterocycles. The van der Waals surface area contributed by atoms with Crippen molar-refractivity contribution in [1.29, 1.82) is 0 Å². The number of benzene rings is 3. The molecule has 1 fully saturated rings. The van der Waals surface area contributed by atoms with Gasteiger partial charge in [0.15, 0.2) is 5.78 Å². The van der Waals surface area contributed by atoms with E-state index in [0.717, 1.165) is 38.7 Å². The van der Waals surface area contributed by atoms with Crippen LogP contribution in [0.1, 0.15) is 44.9 Å². The summed E-state index contributed by atoms with van der Waals surface area (Å²) in [6.45, 7) is 8.11. The lowest BCUT2D eigenvalue weighted by molar-refractivity contribution is -0.146. The Morgan fingerprint density at radius 1 is 0.948 bits per heavy atom. The molecule has 1 aliphatic heterocycles. The molecule has 14 heteroatoms. The van der Waals surface area contributed by atoms with Crippen molar-refractivity contribution in [3.63, 3.8) is 0 Å². The lowest BCUT2D eigenvalue weighted by Gasteiger charge is -2.34. The maximum Gasteiger partial charge on any atom is 0.243 e. The predicted molar refractivity (Wildman–Crippen MR) is 223 cm³/mol. The first-order valence-electron chi connectivity index (χ1n) is 19.2. The molecule has 13 nitrogen and oxygen atoms in total. The zero-order chi connectivity index (χ0) is 41.2. The van der Waals surface area contributed by atoms with E-state index in [0.29, 0.717) is 17.3 Å². The molecule has 0 bridgehead atoms. The topological polar surface area (TPSA) is 165 Å². The van der Waals surface area contributed by atoms with Crippen molar-refractivity contribution in [3.05, 3.63) is 102 Å². The first kappa shape index (κ1) is 41.9. The van der Waals surface area contributed by atoms with Crippen molar-refractivity contribution in [2.75, 3.05) is 38.8 Å². The van der Waals surface area contributed by atoms with Gasteiger partial charge in [0.25, 0.3) is 0 Å². The van der Waals surface area contributed by atoms with Gasteiger partial charge >= 0.3 is 0 Å². The summed E-state index contributed by atoms with van der Waals surface area (Å²) in [7, 11) is 1.62. The highest BCUT2D eigenvalue weighted by Gasteiger charge is 2.44. The van der Waals surface area contributed by atoms with Crippen LogP contribution in [0.4, 0.5) is 11.5 Å². The third kappa shape index (κ3) is 11.0. The highest BCUT2D eigenvalue weighted by Crippen LogP contribution is 2.34. The van der Waals surface area contributed by atoms with E-state index >= 15 is 0 Å². The summed E-state index contributed by atoms with van der Waals surface area (Å²) in [4.78, 5) is 56.3. The number of aryl methyl sites for hydroxylation is 1. The molecule has 0 radical (unpaired) electrons. The zero-order valence-electron chi connectivity index (χ0n) is 33.4. The molecule has 0 unspecified atom stereocenters. The molecule has 3 aromatic carbocycles. The van der Waals surface area contributed by atoms with E-state index in [4.69, 9.17) is 14.2 Å². The molecule has 5 aromatic rings. The van der Waals surface area contributed by atoms with Gasteiger partial charge in [-0.1, -0.05) is 57.2 Å². The Labute approximate surface area is 342 Å². The first-order chi connectivity index (χ1) is 27.9. The number of ether oxygens (including phenoxy) is 3. The Balaban J connectivity index is 0.969. The highest BCUT2D eigenvalue weighted by molar-refractivity contribution is 7.13. The number of aliphatic hydroxyl groups excluding tert-OH is 1. The number of methoxy groups -OCH3 is 1. The molecule has 1 saturated heterocycles.